The molecule has 0 aliphatic carbocycles. The van der Waals surface area contributed by atoms with Crippen molar-refractivity contribution in [3.05, 3.63) is 47.5 Å². The Kier molecular flexibility index (Phi) is 8.26. The first-order chi connectivity index (χ1) is 21.6. The molecule has 2 unspecified atom stereocenters. The summed E-state index contributed by atoms with van der Waals surface area (Å²) in [7, 11) is 3.73. The SMILES string of the molecule is CCCCC(CC)Cc1c(OC)sc2c1c1cccc3c1c2c1cccc2c4c(CC(CC)CCCC)c(OC)sc4c3c21. The third-order valence-corrected chi connectivity index (χ3v) is 13.0. The Balaban J connectivity index is 1.54. The summed E-state index contributed by atoms with van der Waals surface area (Å²) in [5.74, 6) is 1.37. The minimum Gasteiger partial charge on any atom is -0.487 e. The van der Waals surface area contributed by atoms with E-state index in [4.69, 9.17) is 9.47 Å². The molecule has 0 radical (unpaired) electrons. The quantitative estimate of drug-likeness (QED) is 0.112. The summed E-state index contributed by atoms with van der Waals surface area (Å²) in [5.41, 5.74) is 2.86. The Hall–Kier alpha value is -2.82. The molecule has 0 amide bonds. The van der Waals surface area contributed by atoms with E-state index in [1.54, 1.807) is 0 Å². The van der Waals surface area contributed by atoms with Gasteiger partial charge in [0.2, 0.25) is 0 Å². The topological polar surface area (TPSA) is 18.5 Å². The van der Waals surface area contributed by atoms with Crippen molar-refractivity contribution < 1.29 is 9.47 Å². The Morgan fingerprint density at radius 3 is 1.27 bits per heavy atom. The van der Waals surface area contributed by atoms with E-state index in [-0.39, 0.29) is 0 Å². The zero-order chi connectivity index (χ0) is 30.5. The highest BCUT2D eigenvalue weighted by molar-refractivity contribution is 7.23. The van der Waals surface area contributed by atoms with E-state index in [9.17, 15) is 0 Å². The summed E-state index contributed by atoms with van der Waals surface area (Å²) in [4.78, 5) is 0. The zero-order valence-electron chi connectivity index (χ0n) is 27.3. The zero-order valence-corrected chi connectivity index (χ0v) is 29.0. The minimum atomic E-state index is 0.687. The van der Waals surface area contributed by atoms with Crippen LogP contribution >= 0.6 is 22.7 Å². The molecular weight excluding hydrogens is 577 g/mol. The number of rotatable bonds is 14. The van der Waals surface area contributed by atoms with Crippen LogP contribution in [0.15, 0.2) is 36.4 Å². The van der Waals surface area contributed by atoms with E-state index in [1.807, 2.05) is 36.9 Å². The third-order valence-electron chi connectivity index (χ3n) is 10.5. The molecule has 2 heterocycles. The molecule has 2 atom stereocenters. The van der Waals surface area contributed by atoms with Crippen LogP contribution in [0.25, 0.3) is 63.3 Å². The molecule has 0 aliphatic heterocycles. The number of hydrogen-bond donors (Lipinski definition) is 0. The highest BCUT2D eigenvalue weighted by Crippen LogP contribution is 2.57. The molecule has 4 heteroatoms. The van der Waals surface area contributed by atoms with Crippen LogP contribution in [0.3, 0.4) is 0 Å². The lowest BCUT2D eigenvalue weighted by Crippen LogP contribution is -2.04. The van der Waals surface area contributed by atoms with Crippen LogP contribution in [0.2, 0.25) is 0 Å². The minimum absolute atomic E-state index is 0.687. The molecule has 5 aromatic carbocycles. The molecule has 2 nitrogen and oxygen atoms in total. The summed E-state index contributed by atoms with van der Waals surface area (Å²) in [6.07, 6.45) is 12.3. The average Bonchev–Trinajstić information content (AvgIpc) is 3.78. The molecule has 0 N–H and O–H groups in total. The van der Waals surface area contributed by atoms with Crippen molar-refractivity contribution in [2.24, 2.45) is 11.8 Å². The first kappa shape index (κ1) is 29.9. The molecule has 0 spiro atoms. The van der Waals surface area contributed by atoms with Gasteiger partial charge in [0.25, 0.3) is 0 Å². The van der Waals surface area contributed by atoms with E-state index in [0.717, 1.165) is 23.0 Å². The van der Waals surface area contributed by atoms with Crippen molar-refractivity contribution in [1.29, 1.82) is 0 Å². The smallest absolute Gasteiger partial charge is 0.177 e. The lowest BCUT2D eigenvalue weighted by molar-refractivity contribution is 0.408. The highest BCUT2D eigenvalue weighted by Gasteiger charge is 2.29. The fraction of sp³-hybridized carbons (Fsp3) is 0.450. The molecule has 0 aliphatic rings. The van der Waals surface area contributed by atoms with Crippen molar-refractivity contribution in [3.8, 4) is 10.1 Å². The number of hydrogen-bond acceptors (Lipinski definition) is 4. The molecule has 0 fully saturated rings. The van der Waals surface area contributed by atoms with Gasteiger partial charge in [0, 0.05) is 42.1 Å². The first-order valence-corrected chi connectivity index (χ1v) is 18.6. The second-order valence-corrected chi connectivity index (χ2v) is 15.0. The van der Waals surface area contributed by atoms with Crippen molar-refractivity contribution in [1.82, 2.24) is 0 Å². The molecule has 230 valence electrons. The second kappa shape index (κ2) is 12.2. The largest absolute Gasteiger partial charge is 0.487 e. The van der Waals surface area contributed by atoms with Crippen molar-refractivity contribution in [3.63, 3.8) is 0 Å². The average molecular weight is 623 g/mol. The van der Waals surface area contributed by atoms with Gasteiger partial charge >= 0.3 is 0 Å². The molecular formula is C40H46O2S2. The summed E-state index contributed by atoms with van der Waals surface area (Å²) >= 11 is 3.75. The van der Waals surface area contributed by atoms with Crippen molar-refractivity contribution in [2.45, 2.75) is 91.9 Å². The number of methoxy groups -OCH3 is 2. The van der Waals surface area contributed by atoms with Crippen LogP contribution in [0.5, 0.6) is 10.1 Å². The van der Waals surface area contributed by atoms with E-state index in [1.165, 1.54) is 126 Å². The number of fused-ring (bicyclic) bond motifs is 8. The number of thiophene rings is 2. The Labute approximate surface area is 270 Å². The molecule has 7 rings (SSSR count). The van der Waals surface area contributed by atoms with Crippen LogP contribution in [-0.2, 0) is 12.8 Å². The first-order valence-electron chi connectivity index (χ1n) is 17.0. The normalized spacial score (nSPS) is 14.0. The van der Waals surface area contributed by atoms with Crippen molar-refractivity contribution in [2.75, 3.05) is 14.2 Å². The number of unbranched alkanes of at least 4 members (excludes halogenated alkanes) is 2. The van der Waals surface area contributed by atoms with Gasteiger partial charge in [-0.3, -0.25) is 0 Å². The van der Waals surface area contributed by atoms with E-state index >= 15 is 0 Å². The lowest BCUT2D eigenvalue weighted by atomic mass is 9.91. The fourth-order valence-electron chi connectivity index (χ4n) is 8.19. The molecule has 0 saturated heterocycles. The molecule has 2 aromatic heterocycles. The number of ether oxygens (including phenoxy) is 2. The van der Waals surface area contributed by atoms with Gasteiger partial charge in [-0.15, -0.1) is 0 Å². The fourth-order valence-corrected chi connectivity index (χ4v) is 10.6. The molecule has 7 aromatic rings. The van der Waals surface area contributed by atoms with E-state index in [2.05, 4.69) is 64.1 Å². The molecule has 0 saturated carbocycles. The third kappa shape index (κ3) is 4.46. The van der Waals surface area contributed by atoms with Gasteiger partial charge in [0.1, 0.15) is 0 Å². The predicted octanol–water partition coefficient (Wildman–Crippen LogP) is 13.1. The Morgan fingerprint density at radius 1 is 0.545 bits per heavy atom. The van der Waals surface area contributed by atoms with Crippen molar-refractivity contribution >= 4 is 85.9 Å². The maximum absolute atomic E-state index is 6.14. The summed E-state index contributed by atoms with van der Waals surface area (Å²) in [6.45, 7) is 9.33. The maximum Gasteiger partial charge on any atom is 0.177 e. The van der Waals surface area contributed by atoms with E-state index < -0.39 is 0 Å². The van der Waals surface area contributed by atoms with Crippen LogP contribution in [0.4, 0.5) is 0 Å². The molecule has 0 bridgehead atoms. The van der Waals surface area contributed by atoms with Crippen LogP contribution < -0.4 is 9.47 Å². The standard InChI is InChI=1S/C40H46O2S2/c1-7-11-15-23(9-3)21-29-33-25-17-13-19-27-31(25)35(37(33)43-39(29)41-5)28-20-14-18-26-32(28)36(27)38-34(26)30(40(42-6)44-38)22-24(10-4)16-12-8-2/h13-14,17-20,23-24H,7-12,15-16,21-22H2,1-6H3. The van der Waals surface area contributed by atoms with Crippen LogP contribution in [0.1, 0.15) is 90.2 Å². The Morgan fingerprint density at radius 2 is 0.932 bits per heavy atom. The second-order valence-electron chi connectivity index (χ2n) is 13.0. The monoisotopic (exact) mass is 622 g/mol. The van der Waals surface area contributed by atoms with Gasteiger partial charge < -0.3 is 9.47 Å². The molecule has 44 heavy (non-hydrogen) atoms. The summed E-state index contributed by atoms with van der Waals surface area (Å²) in [5, 5.41) is 16.5. The van der Waals surface area contributed by atoms with Gasteiger partial charge in [-0.2, -0.15) is 0 Å². The predicted molar refractivity (Wildman–Crippen MR) is 197 cm³/mol. The van der Waals surface area contributed by atoms with Gasteiger partial charge in [0.05, 0.1) is 14.2 Å². The lowest BCUT2D eigenvalue weighted by Gasteiger charge is -2.15. The van der Waals surface area contributed by atoms with Gasteiger partial charge in [-0.1, -0.05) is 138 Å². The summed E-state index contributed by atoms with van der Waals surface area (Å²) < 4.78 is 15.1. The Bertz CT molecular complexity index is 1910. The summed E-state index contributed by atoms with van der Waals surface area (Å²) in [6, 6.07) is 14.1. The van der Waals surface area contributed by atoms with Gasteiger partial charge in [-0.05, 0) is 57.0 Å². The van der Waals surface area contributed by atoms with Crippen LogP contribution in [0, 0.1) is 11.8 Å². The van der Waals surface area contributed by atoms with E-state index in [0.29, 0.717) is 11.8 Å². The highest BCUT2D eigenvalue weighted by atomic mass is 32.1. The number of benzene rings is 3. The van der Waals surface area contributed by atoms with Crippen LogP contribution in [-0.4, -0.2) is 14.2 Å². The van der Waals surface area contributed by atoms with Gasteiger partial charge in [0.15, 0.2) is 10.1 Å². The van der Waals surface area contributed by atoms with Gasteiger partial charge in [-0.25, -0.2) is 0 Å². The maximum atomic E-state index is 6.14.